The van der Waals surface area contributed by atoms with E-state index in [-0.39, 0.29) is 17.2 Å². The summed E-state index contributed by atoms with van der Waals surface area (Å²) in [6.07, 6.45) is 0.717. The van der Waals surface area contributed by atoms with Crippen molar-refractivity contribution in [1.82, 2.24) is 14.2 Å². The van der Waals surface area contributed by atoms with E-state index in [1.165, 1.54) is 4.31 Å². The molecule has 0 aliphatic carbocycles. The van der Waals surface area contributed by atoms with Gasteiger partial charge >= 0.3 is 0 Å². The molecule has 3 aromatic rings. The van der Waals surface area contributed by atoms with Gasteiger partial charge in [-0.15, -0.1) is 0 Å². The Bertz CT molecular complexity index is 1040. The van der Waals surface area contributed by atoms with Crippen LogP contribution in [0.2, 0.25) is 0 Å². The van der Waals surface area contributed by atoms with Crippen molar-refractivity contribution in [3.05, 3.63) is 60.5 Å². The Morgan fingerprint density at radius 2 is 1.64 bits per heavy atom. The molecule has 0 spiro atoms. The summed E-state index contributed by atoms with van der Waals surface area (Å²) in [6, 6.07) is 15.9. The van der Waals surface area contributed by atoms with Crippen molar-refractivity contribution >= 4 is 27.0 Å². The lowest BCUT2D eigenvalue weighted by atomic mass is 10.2. The first kappa shape index (κ1) is 18.6. The first-order valence-corrected chi connectivity index (χ1v) is 10.7. The number of rotatable bonds is 5. The van der Waals surface area contributed by atoms with Crippen molar-refractivity contribution in [2.45, 2.75) is 17.7 Å². The second kappa shape index (κ2) is 7.73. The van der Waals surface area contributed by atoms with Crippen LogP contribution in [0.15, 0.2) is 63.9 Å². The van der Waals surface area contributed by atoms with Crippen LogP contribution in [-0.2, 0) is 21.2 Å². The van der Waals surface area contributed by atoms with Gasteiger partial charge in [-0.05, 0) is 24.3 Å². The van der Waals surface area contributed by atoms with Crippen LogP contribution in [0.3, 0.4) is 0 Å². The average Bonchev–Trinajstić information content (AvgIpc) is 3.16. The molecule has 2 aromatic carbocycles. The smallest absolute Gasteiger partial charge is 0.243 e. The van der Waals surface area contributed by atoms with Gasteiger partial charge in [0.25, 0.3) is 0 Å². The molecule has 0 bridgehead atoms. The number of sulfonamides is 1. The Morgan fingerprint density at radius 1 is 0.964 bits per heavy atom. The molecule has 0 radical (unpaired) electrons. The molecule has 0 saturated carbocycles. The number of piperazine rings is 1. The molecule has 1 aliphatic rings. The Hall–Kier alpha value is -2.71. The van der Waals surface area contributed by atoms with E-state index in [2.05, 4.69) is 4.98 Å². The Balaban J connectivity index is 1.32. The zero-order valence-corrected chi connectivity index (χ0v) is 16.1. The zero-order chi connectivity index (χ0) is 19.6. The van der Waals surface area contributed by atoms with E-state index in [9.17, 15) is 13.2 Å². The molecular formula is C20H21N3O4S. The fourth-order valence-electron chi connectivity index (χ4n) is 3.32. The summed E-state index contributed by atoms with van der Waals surface area (Å²) >= 11 is 0. The summed E-state index contributed by atoms with van der Waals surface area (Å²) in [5.74, 6) is 0.527. The van der Waals surface area contributed by atoms with Crippen LogP contribution < -0.4 is 0 Å². The highest BCUT2D eigenvalue weighted by Gasteiger charge is 2.29. The largest absolute Gasteiger partial charge is 0.441 e. The van der Waals surface area contributed by atoms with Crippen LogP contribution in [-0.4, -0.2) is 54.7 Å². The number of aryl methyl sites for hydroxylation is 1. The van der Waals surface area contributed by atoms with Gasteiger partial charge in [0.2, 0.25) is 15.9 Å². The molecule has 2 heterocycles. The number of oxazole rings is 1. The van der Waals surface area contributed by atoms with Gasteiger partial charge < -0.3 is 9.32 Å². The number of hydrogen-bond donors (Lipinski definition) is 0. The topological polar surface area (TPSA) is 83.7 Å². The minimum absolute atomic E-state index is 0.0148. The SMILES string of the molecule is O=C(CCc1nc2ccccc2o1)N1CCN(S(=O)(=O)c2ccccc2)CC1. The van der Waals surface area contributed by atoms with E-state index in [0.717, 1.165) is 5.52 Å². The van der Waals surface area contributed by atoms with Gasteiger partial charge in [0.15, 0.2) is 11.5 Å². The molecule has 7 nitrogen and oxygen atoms in total. The Labute approximate surface area is 163 Å². The summed E-state index contributed by atoms with van der Waals surface area (Å²) in [6.45, 7) is 1.37. The van der Waals surface area contributed by atoms with E-state index >= 15 is 0 Å². The van der Waals surface area contributed by atoms with Gasteiger partial charge in [-0.3, -0.25) is 4.79 Å². The van der Waals surface area contributed by atoms with Crippen LogP contribution in [0.1, 0.15) is 12.3 Å². The highest BCUT2D eigenvalue weighted by Crippen LogP contribution is 2.19. The highest BCUT2D eigenvalue weighted by atomic mass is 32.2. The van der Waals surface area contributed by atoms with Gasteiger partial charge in [-0.2, -0.15) is 4.31 Å². The molecule has 1 aliphatic heterocycles. The number of amides is 1. The van der Waals surface area contributed by atoms with Gasteiger partial charge in [0.05, 0.1) is 4.90 Å². The fraction of sp³-hybridized carbons (Fsp3) is 0.300. The van der Waals surface area contributed by atoms with E-state index in [1.807, 2.05) is 24.3 Å². The summed E-state index contributed by atoms with van der Waals surface area (Å²) < 4.78 is 32.4. The third-order valence-electron chi connectivity index (χ3n) is 4.86. The maximum atomic E-state index is 12.7. The maximum Gasteiger partial charge on any atom is 0.243 e. The molecule has 146 valence electrons. The molecule has 8 heteroatoms. The standard InChI is InChI=1S/C20H21N3O4S/c24-20(11-10-19-21-17-8-4-5-9-18(17)27-19)22-12-14-23(15-13-22)28(25,26)16-6-2-1-3-7-16/h1-9H,10-15H2. The van der Waals surface area contributed by atoms with Crippen molar-refractivity contribution in [3.63, 3.8) is 0 Å². The molecule has 0 unspecified atom stereocenters. The molecule has 0 atom stereocenters. The predicted molar refractivity (Wildman–Crippen MR) is 104 cm³/mol. The quantitative estimate of drug-likeness (QED) is 0.657. The van der Waals surface area contributed by atoms with Crippen LogP contribution in [0.4, 0.5) is 0 Å². The lowest BCUT2D eigenvalue weighted by Crippen LogP contribution is -2.50. The first-order valence-electron chi connectivity index (χ1n) is 9.21. The number of fused-ring (bicyclic) bond motifs is 1. The molecule has 1 saturated heterocycles. The van der Waals surface area contributed by atoms with E-state index in [1.54, 1.807) is 35.2 Å². The molecule has 0 N–H and O–H groups in total. The molecule has 1 aromatic heterocycles. The molecule has 28 heavy (non-hydrogen) atoms. The van der Waals surface area contributed by atoms with Crippen molar-refractivity contribution in [1.29, 1.82) is 0 Å². The van der Waals surface area contributed by atoms with Crippen molar-refractivity contribution < 1.29 is 17.6 Å². The number of hydrogen-bond acceptors (Lipinski definition) is 5. The third-order valence-corrected chi connectivity index (χ3v) is 6.78. The zero-order valence-electron chi connectivity index (χ0n) is 15.3. The van der Waals surface area contributed by atoms with Crippen LogP contribution in [0.25, 0.3) is 11.1 Å². The normalized spacial score (nSPS) is 15.8. The van der Waals surface area contributed by atoms with Crippen molar-refractivity contribution in [2.24, 2.45) is 0 Å². The molecule has 4 rings (SSSR count). The van der Waals surface area contributed by atoms with E-state index in [4.69, 9.17) is 4.42 Å². The van der Waals surface area contributed by atoms with Crippen LogP contribution in [0.5, 0.6) is 0 Å². The Morgan fingerprint density at radius 3 is 2.36 bits per heavy atom. The molecular weight excluding hydrogens is 378 g/mol. The Kier molecular flexibility index (Phi) is 5.15. The van der Waals surface area contributed by atoms with Gasteiger partial charge in [-0.25, -0.2) is 13.4 Å². The fourth-order valence-corrected chi connectivity index (χ4v) is 4.76. The van der Waals surface area contributed by atoms with Crippen molar-refractivity contribution in [2.75, 3.05) is 26.2 Å². The monoisotopic (exact) mass is 399 g/mol. The first-order chi connectivity index (χ1) is 13.5. The summed E-state index contributed by atoms with van der Waals surface area (Å²) in [7, 11) is -3.51. The molecule has 1 amide bonds. The summed E-state index contributed by atoms with van der Waals surface area (Å²) in [5.41, 5.74) is 1.49. The number of para-hydroxylation sites is 2. The van der Waals surface area contributed by atoms with Gasteiger partial charge in [-0.1, -0.05) is 30.3 Å². The molecule has 1 fully saturated rings. The maximum absolute atomic E-state index is 12.7. The average molecular weight is 399 g/mol. The summed E-state index contributed by atoms with van der Waals surface area (Å²) in [4.78, 5) is 18.9. The minimum Gasteiger partial charge on any atom is -0.441 e. The lowest BCUT2D eigenvalue weighted by molar-refractivity contribution is -0.132. The van der Waals surface area contributed by atoms with Crippen LogP contribution in [0, 0.1) is 0 Å². The van der Waals surface area contributed by atoms with E-state index < -0.39 is 10.0 Å². The van der Waals surface area contributed by atoms with Gasteiger partial charge in [0, 0.05) is 39.0 Å². The highest BCUT2D eigenvalue weighted by molar-refractivity contribution is 7.89. The van der Waals surface area contributed by atoms with Crippen LogP contribution >= 0.6 is 0 Å². The second-order valence-corrected chi connectivity index (χ2v) is 8.61. The predicted octanol–water partition coefficient (Wildman–Crippen LogP) is 2.29. The number of nitrogens with zero attached hydrogens (tertiary/aromatic N) is 3. The lowest BCUT2D eigenvalue weighted by Gasteiger charge is -2.34. The number of aromatic nitrogens is 1. The van der Waals surface area contributed by atoms with Crippen molar-refractivity contribution in [3.8, 4) is 0 Å². The summed E-state index contributed by atoms with van der Waals surface area (Å²) in [5, 5.41) is 0. The number of carbonyl (C=O) groups is 1. The number of benzene rings is 2. The van der Waals surface area contributed by atoms with E-state index in [0.29, 0.717) is 44.1 Å². The minimum atomic E-state index is -3.51. The number of carbonyl (C=O) groups excluding carboxylic acids is 1. The van der Waals surface area contributed by atoms with Gasteiger partial charge in [0.1, 0.15) is 5.52 Å². The third kappa shape index (κ3) is 3.79. The second-order valence-electron chi connectivity index (χ2n) is 6.67.